The molecule has 3 heteroatoms. The van der Waals surface area contributed by atoms with Crippen LogP contribution < -0.4 is 10.1 Å². The number of hydrogen-bond donors (Lipinski definition) is 1. The van der Waals surface area contributed by atoms with Crippen molar-refractivity contribution in [2.75, 3.05) is 11.9 Å². The standard InChI is InChI=1S/C24H33NO2/c1-7-24(5,6)20-10-12-21(13-11-20)27-14-8-9-22(26)25-23-18(3)15-17(2)16-19(23)4/h10-13,15-16H,7-9,14H2,1-6H3,(H,25,26). The van der Waals surface area contributed by atoms with E-state index in [1.807, 2.05) is 26.0 Å². The van der Waals surface area contributed by atoms with E-state index in [9.17, 15) is 4.79 Å². The van der Waals surface area contributed by atoms with Gasteiger partial charge in [0.1, 0.15) is 5.75 Å². The highest BCUT2D eigenvalue weighted by Gasteiger charge is 2.17. The first-order chi connectivity index (χ1) is 12.7. The molecule has 1 amide bonds. The van der Waals surface area contributed by atoms with E-state index in [0.29, 0.717) is 19.4 Å². The van der Waals surface area contributed by atoms with E-state index in [1.165, 1.54) is 11.1 Å². The van der Waals surface area contributed by atoms with Crippen LogP contribution in [-0.2, 0) is 10.2 Å². The van der Waals surface area contributed by atoms with Gasteiger partial charge in [-0.05, 0) is 67.9 Å². The molecule has 0 saturated carbocycles. The second-order valence-electron chi connectivity index (χ2n) is 8.04. The van der Waals surface area contributed by atoms with Crippen molar-refractivity contribution in [3.8, 4) is 5.75 Å². The molecule has 0 aromatic heterocycles. The highest BCUT2D eigenvalue weighted by Crippen LogP contribution is 2.28. The number of ether oxygens (including phenoxy) is 1. The number of hydrogen-bond acceptors (Lipinski definition) is 2. The maximum atomic E-state index is 12.2. The Kier molecular flexibility index (Phi) is 7.06. The number of carbonyl (C=O) groups is 1. The van der Waals surface area contributed by atoms with Crippen LogP contribution in [0, 0.1) is 20.8 Å². The molecule has 0 atom stereocenters. The van der Waals surface area contributed by atoms with Gasteiger partial charge >= 0.3 is 0 Å². The molecule has 2 aromatic carbocycles. The molecule has 0 aliphatic rings. The van der Waals surface area contributed by atoms with Gasteiger partial charge in [-0.25, -0.2) is 0 Å². The summed E-state index contributed by atoms with van der Waals surface area (Å²) in [7, 11) is 0. The molecule has 146 valence electrons. The lowest BCUT2D eigenvalue weighted by molar-refractivity contribution is -0.116. The Morgan fingerprint density at radius 3 is 2.19 bits per heavy atom. The molecule has 27 heavy (non-hydrogen) atoms. The van der Waals surface area contributed by atoms with Crippen LogP contribution in [0.3, 0.4) is 0 Å². The lowest BCUT2D eigenvalue weighted by Crippen LogP contribution is -2.15. The van der Waals surface area contributed by atoms with Gasteiger partial charge in [-0.2, -0.15) is 0 Å². The minimum atomic E-state index is 0.0358. The van der Waals surface area contributed by atoms with E-state index in [2.05, 4.69) is 57.3 Å². The molecular formula is C24H33NO2. The normalized spacial score (nSPS) is 11.3. The van der Waals surface area contributed by atoms with Crippen LogP contribution in [0.4, 0.5) is 5.69 Å². The van der Waals surface area contributed by atoms with Gasteiger partial charge in [0.05, 0.1) is 6.61 Å². The maximum absolute atomic E-state index is 12.2. The van der Waals surface area contributed by atoms with E-state index in [0.717, 1.165) is 29.0 Å². The van der Waals surface area contributed by atoms with Crippen molar-refractivity contribution in [1.82, 2.24) is 0 Å². The minimum absolute atomic E-state index is 0.0358. The predicted octanol–water partition coefficient (Wildman–Crippen LogP) is 6.10. The molecule has 0 unspecified atom stereocenters. The first-order valence-electron chi connectivity index (χ1n) is 9.84. The highest BCUT2D eigenvalue weighted by atomic mass is 16.5. The summed E-state index contributed by atoms with van der Waals surface area (Å²) in [5, 5.41) is 3.04. The molecule has 0 saturated heterocycles. The van der Waals surface area contributed by atoms with Crippen molar-refractivity contribution in [2.45, 2.75) is 66.2 Å². The maximum Gasteiger partial charge on any atom is 0.224 e. The zero-order valence-electron chi connectivity index (χ0n) is 17.6. The monoisotopic (exact) mass is 367 g/mol. The highest BCUT2D eigenvalue weighted by molar-refractivity contribution is 5.92. The lowest BCUT2D eigenvalue weighted by Gasteiger charge is -2.23. The summed E-state index contributed by atoms with van der Waals surface area (Å²) in [5.41, 5.74) is 5.86. The van der Waals surface area contributed by atoms with Crippen LogP contribution >= 0.6 is 0 Å². The van der Waals surface area contributed by atoms with Crippen molar-refractivity contribution in [1.29, 1.82) is 0 Å². The van der Waals surface area contributed by atoms with Crippen LogP contribution in [0.15, 0.2) is 36.4 Å². The second kappa shape index (κ2) is 9.07. The fraction of sp³-hybridized carbons (Fsp3) is 0.458. The summed E-state index contributed by atoms with van der Waals surface area (Å²) in [4.78, 5) is 12.2. The van der Waals surface area contributed by atoms with E-state index in [4.69, 9.17) is 4.74 Å². The van der Waals surface area contributed by atoms with Gasteiger partial charge in [0.25, 0.3) is 0 Å². The third-order valence-electron chi connectivity index (χ3n) is 5.28. The average Bonchev–Trinajstić information content (AvgIpc) is 2.62. The van der Waals surface area contributed by atoms with Crippen molar-refractivity contribution in [2.24, 2.45) is 0 Å². The minimum Gasteiger partial charge on any atom is -0.494 e. The van der Waals surface area contributed by atoms with Gasteiger partial charge in [0, 0.05) is 12.1 Å². The third-order valence-corrected chi connectivity index (χ3v) is 5.28. The number of nitrogens with one attached hydrogen (secondary N) is 1. The molecule has 0 fully saturated rings. The third kappa shape index (κ3) is 5.85. The summed E-state index contributed by atoms with van der Waals surface area (Å²) in [6, 6.07) is 12.5. The molecule has 0 spiro atoms. The molecule has 0 radical (unpaired) electrons. The van der Waals surface area contributed by atoms with Gasteiger partial charge in [0.15, 0.2) is 0 Å². The van der Waals surface area contributed by atoms with Gasteiger partial charge in [-0.1, -0.05) is 50.6 Å². The van der Waals surface area contributed by atoms with Crippen LogP contribution in [-0.4, -0.2) is 12.5 Å². The molecule has 0 heterocycles. The van der Waals surface area contributed by atoms with Gasteiger partial charge < -0.3 is 10.1 Å². The number of anilines is 1. The molecule has 3 nitrogen and oxygen atoms in total. The Bertz CT molecular complexity index is 752. The number of rotatable bonds is 8. The van der Waals surface area contributed by atoms with Crippen LogP contribution in [0.5, 0.6) is 5.75 Å². The topological polar surface area (TPSA) is 38.3 Å². The van der Waals surface area contributed by atoms with Crippen LogP contribution in [0.2, 0.25) is 0 Å². The summed E-state index contributed by atoms with van der Waals surface area (Å²) in [5.74, 6) is 0.894. The summed E-state index contributed by atoms with van der Waals surface area (Å²) >= 11 is 0. The van der Waals surface area contributed by atoms with Crippen LogP contribution in [0.25, 0.3) is 0 Å². The second-order valence-corrected chi connectivity index (χ2v) is 8.04. The zero-order chi connectivity index (χ0) is 20.0. The van der Waals surface area contributed by atoms with Gasteiger partial charge in [-0.15, -0.1) is 0 Å². The fourth-order valence-electron chi connectivity index (χ4n) is 3.21. The van der Waals surface area contributed by atoms with Crippen molar-refractivity contribution >= 4 is 11.6 Å². The summed E-state index contributed by atoms with van der Waals surface area (Å²) in [6.45, 7) is 13.4. The van der Waals surface area contributed by atoms with Gasteiger partial charge in [0.2, 0.25) is 5.91 Å². The van der Waals surface area contributed by atoms with Crippen molar-refractivity contribution in [3.05, 3.63) is 58.7 Å². The quantitative estimate of drug-likeness (QED) is 0.573. The SMILES string of the molecule is CCC(C)(C)c1ccc(OCCCC(=O)Nc2c(C)cc(C)cc2C)cc1. The molecule has 2 aromatic rings. The number of amides is 1. The fourth-order valence-corrected chi connectivity index (χ4v) is 3.21. The predicted molar refractivity (Wildman–Crippen MR) is 114 cm³/mol. The van der Waals surface area contributed by atoms with E-state index < -0.39 is 0 Å². The Morgan fingerprint density at radius 1 is 1.04 bits per heavy atom. The lowest BCUT2D eigenvalue weighted by atomic mass is 9.82. The molecule has 2 rings (SSSR count). The summed E-state index contributed by atoms with van der Waals surface area (Å²) in [6.07, 6.45) is 2.24. The Hall–Kier alpha value is -2.29. The molecule has 0 aliphatic carbocycles. The summed E-state index contributed by atoms with van der Waals surface area (Å²) < 4.78 is 5.79. The van der Waals surface area contributed by atoms with Crippen molar-refractivity contribution < 1.29 is 9.53 Å². The van der Waals surface area contributed by atoms with E-state index in [1.54, 1.807) is 0 Å². The largest absolute Gasteiger partial charge is 0.494 e. The van der Waals surface area contributed by atoms with Gasteiger partial charge in [-0.3, -0.25) is 4.79 Å². The molecule has 1 N–H and O–H groups in total. The van der Waals surface area contributed by atoms with Crippen LogP contribution in [0.1, 0.15) is 62.3 Å². The average molecular weight is 368 g/mol. The van der Waals surface area contributed by atoms with E-state index in [-0.39, 0.29) is 11.3 Å². The number of benzene rings is 2. The first-order valence-corrected chi connectivity index (χ1v) is 9.84. The van der Waals surface area contributed by atoms with Crippen molar-refractivity contribution in [3.63, 3.8) is 0 Å². The Labute approximate surface area is 164 Å². The zero-order valence-corrected chi connectivity index (χ0v) is 17.6. The Morgan fingerprint density at radius 2 is 1.63 bits per heavy atom. The Balaban J connectivity index is 1.79. The molecule has 0 aliphatic heterocycles. The molecule has 0 bridgehead atoms. The first kappa shape index (κ1) is 21.0. The number of carbonyl (C=O) groups excluding carboxylic acids is 1. The number of aryl methyl sites for hydroxylation is 3. The molecular weight excluding hydrogens is 334 g/mol. The smallest absolute Gasteiger partial charge is 0.224 e. The van der Waals surface area contributed by atoms with E-state index >= 15 is 0 Å².